The molecule has 0 saturated carbocycles. The summed E-state index contributed by atoms with van der Waals surface area (Å²) in [5.74, 6) is -0.867. The van der Waals surface area contributed by atoms with Crippen LogP contribution in [0.4, 0.5) is 0 Å². The molecule has 3 heteroatoms. The summed E-state index contributed by atoms with van der Waals surface area (Å²) in [6.07, 6.45) is 2.05. The number of rotatable bonds is 4. The number of benzene rings is 1. The second kappa shape index (κ2) is 4.87. The second-order valence-electron chi connectivity index (χ2n) is 4.11. The number of nitrogens with zero attached hydrogens (tertiary/aromatic N) is 1. The molecular weight excluding hydrogens is 214 g/mol. The summed E-state index contributed by atoms with van der Waals surface area (Å²) in [6, 6.07) is 13.7. The van der Waals surface area contributed by atoms with Crippen molar-refractivity contribution in [2.45, 2.75) is 12.3 Å². The lowest BCUT2D eigenvalue weighted by Gasteiger charge is -2.16. The van der Waals surface area contributed by atoms with E-state index in [1.54, 1.807) is 0 Å². The number of hydrogen-bond donors (Lipinski definition) is 1. The van der Waals surface area contributed by atoms with Crippen molar-refractivity contribution < 1.29 is 9.90 Å². The fourth-order valence-electron chi connectivity index (χ4n) is 2.09. The first-order valence-corrected chi connectivity index (χ1v) is 5.56. The van der Waals surface area contributed by atoms with Crippen LogP contribution in [0.3, 0.4) is 0 Å². The van der Waals surface area contributed by atoms with E-state index in [1.807, 2.05) is 60.3 Å². The fourth-order valence-corrected chi connectivity index (χ4v) is 2.09. The molecule has 0 amide bonds. The maximum atomic E-state index is 11.0. The molecule has 1 N–H and O–H groups in total. The molecular formula is C14H15NO2. The zero-order valence-corrected chi connectivity index (χ0v) is 9.71. The zero-order valence-electron chi connectivity index (χ0n) is 9.71. The van der Waals surface area contributed by atoms with E-state index in [-0.39, 0.29) is 12.3 Å². The van der Waals surface area contributed by atoms with Crippen molar-refractivity contribution >= 4 is 5.97 Å². The van der Waals surface area contributed by atoms with E-state index >= 15 is 0 Å². The van der Waals surface area contributed by atoms with Crippen LogP contribution in [0.25, 0.3) is 0 Å². The number of aryl methyl sites for hydroxylation is 1. The van der Waals surface area contributed by atoms with Crippen LogP contribution in [-0.4, -0.2) is 15.6 Å². The summed E-state index contributed by atoms with van der Waals surface area (Å²) < 4.78 is 1.97. The molecule has 0 saturated heterocycles. The summed E-state index contributed by atoms with van der Waals surface area (Å²) in [6.45, 7) is 0. The summed E-state index contributed by atoms with van der Waals surface area (Å²) in [7, 11) is 1.94. The third-order valence-corrected chi connectivity index (χ3v) is 2.92. The maximum absolute atomic E-state index is 11.0. The number of carbonyl (C=O) groups is 1. The van der Waals surface area contributed by atoms with E-state index in [9.17, 15) is 4.79 Å². The molecule has 0 aliphatic carbocycles. The van der Waals surface area contributed by atoms with Gasteiger partial charge in [0.1, 0.15) is 0 Å². The Morgan fingerprint density at radius 3 is 2.47 bits per heavy atom. The molecule has 1 atom stereocenters. The molecule has 1 heterocycles. The first-order valence-electron chi connectivity index (χ1n) is 5.56. The van der Waals surface area contributed by atoms with Crippen molar-refractivity contribution in [3.63, 3.8) is 0 Å². The highest BCUT2D eigenvalue weighted by molar-refractivity contribution is 5.68. The van der Waals surface area contributed by atoms with Gasteiger partial charge >= 0.3 is 5.97 Å². The summed E-state index contributed by atoms with van der Waals surface area (Å²) >= 11 is 0. The van der Waals surface area contributed by atoms with Gasteiger partial charge < -0.3 is 9.67 Å². The van der Waals surface area contributed by atoms with E-state index in [0.29, 0.717) is 0 Å². The van der Waals surface area contributed by atoms with Gasteiger partial charge in [-0.15, -0.1) is 0 Å². The molecule has 2 aromatic rings. The lowest BCUT2D eigenvalue weighted by atomic mass is 9.92. The molecule has 0 aliphatic rings. The molecule has 1 aromatic heterocycles. The predicted molar refractivity (Wildman–Crippen MR) is 66.0 cm³/mol. The van der Waals surface area contributed by atoms with Crippen LogP contribution in [0, 0.1) is 0 Å². The van der Waals surface area contributed by atoms with E-state index in [4.69, 9.17) is 5.11 Å². The van der Waals surface area contributed by atoms with Crippen LogP contribution < -0.4 is 0 Å². The minimum Gasteiger partial charge on any atom is -0.481 e. The van der Waals surface area contributed by atoms with Crippen LogP contribution in [0.5, 0.6) is 0 Å². The highest BCUT2D eigenvalue weighted by atomic mass is 16.4. The van der Waals surface area contributed by atoms with Gasteiger partial charge in [-0.3, -0.25) is 4.79 Å². The van der Waals surface area contributed by atoms with E-state index < -0.39 is 5.97 Å². The van der Waals surface area contributed by atoms with Crippen LogP contribution in [-0.2, 0) is 11.8 Å². The number of hydrogen-bond acceptors (Lipinski definition) is 1. The third-order valence-electron chi connectivity index (χ3n) is 2.92. The van der Waals surface area contributed by atoms with Crippen LogP contribution in [0.2, 0.25) is 0 Å². The van der Waals surface area contributed by atoms with Gasteiger partial charge in [0.15, 0.2) is 0 Å². The van der Waals surface area contributed by atoms with Gasteiger partial charge in [-0.2, -0.15) is 0 Å². The summed E-state index contributed by atoms with van der Waals surface area (Å²) in [4.78, 5) is 11.0. The molecule has 0 aliphatic heterocycles. The number of aliphatic carboxylic acids is 1. The van der Waals surface area contributed by atoms with Gasteiger partial charge in [0, 0.05) is 24.9 Å². The lowest BCUT2D eigenvalue weighted by Crippen LogP contribution is -2.11. The Morgan fingerprint density at radius 2 is 1.94 bits per heavy atom. The van der Waals surface area contributed by atoms with Crippen LogP contribution in [0.1, 0.15) is 23.6 Å². The first-order chi connectivity index (χ1) is 8.18. The molecule has 17 heavy (non-hydrogen) atoms. The van der Waals surface area contributed by atoms with Gasteiger partial charge in [-0.25, -0.2) is 0 Å². The zero-order chi connectivity index (χ0) is 12.3. The Bertz CT molecular complexity index is 502. The van der Waals surface area contributed by atoms with Crippen molar-refractivity contribution in [3.05, 3.63) is 59.9 Å². The topological polar surface area (TPSA) is 42.2 Å². The first kappa shape index (κ1) is 11.5. The molecule has 2 rings (SSSR count). The SMILES string of the molecule is Cn1cccc1[C@H](CC(=O)O)c1ccccc1. The minimum absolute atomic E-state index is 0.0892. The summed E-state index contributed by atoms with van der Waals surface area (Å²) in [5.41, 5.74) is 2.07. The Kier molecular flexibility index (Phi) is 3.28. The monoisotopic (exact) mass is 229 g/mol. The van der Waals surface area contributed by atoms with Gasteiger partial charge in [-0.1, -0.05) is 30.3 Å². The molecule has 3 nitrogen and oxygen atoms in total. The van der Waals surface area contributed by atoms with Gasteiger partial charge in [0.05, 0.1) is 6.42 Å². The highest BCUT2D eigenvalue weighted by Crippen LogP contribution is 2.27. The van der Waals surface area contributed by atoms with Gasteiger partial charge in [0.25, 0.3) is 0 Å². The third kappa shape index (κ3) is 2.56. The average molecular weight is 229 g/mol. The standard InChI is InChI=1S/C14H15NO2/c1-15-9-5-8-13(15)12(10-14(16)17)11-6-3-2-4-7-11/h2-9,12H,10H2,1H3,(H,16,17)/t12-/m1/s1. The van der Waals surface area contributed by atoms with Crippen molar-refractivity contribution in [1.82, 2.24) is 4.57 Å². The second-order valence-corrected chi connectivity index (χ2v) is 4.11. The normalized spacial score (nSPS) is 12.3. The maximum Gasteiger partial charge on any atom is 0.304 e. The Labute approximate surface area is 100 Å². The minimum atomic E-state index is -0.778. The van der Waals surface area contributed by atoms with E-state index in [1.165, 1.54) is 0 Å². The van der Waals surface area contributed by atoms with Crippen molar-refractivity contribution in [2.75, 3.05) is 0 Å². The van der Waals surface area contributed by atoms with E-state index in [2.05, 4.69) is 0 Å². The van der Waals surface area contributed by atoms with Crippen molar-refractivity contribution in [1.29, 1.82) is 0 Å². The molecule has 0 bridgehead atoms. The van der Waals surface area contributed by atoms with Crippen LogP contribution >= 0.6 is 0 Å². The highest BCUT2D eigenvalue weighted by Gasteiger charge is 2.19. The van der Waals surface area contributed by atoms with Crippen LogP contribution in [0.15, 0.2) is 48.7 Å². The Morgan fingerprint density at radius 1 is 1.24 bits per heavy atom. The predicted octanol–water partition coefficient (Wildman–Crippen LogP) is 2.63. The average Bonchev–Trinajstić information content (AvgIpc) is 2.73. The largest absolute Gasteiger partial charge is 0.481 e. The lowest BCUT2D eigenvalue weighted by molar-refractivity contribution is -0.137. The van der Waals surface area contributed by atoms with Crippen molar-refractivity contribution in [2.24, 2.45) is 7.05 Å². The smallest absolute Gasteiger partial charge is 0.304 e. The number of carboxylic acids is 1. The van der Waals surface area contributed by atoms with Gasteiger partial charge in [-0.05, 0) is 17.7 Å². The number of aromatic nitrogens is 1. The molecule has 1 aromatic carbocycles. The Hall–Kier alpha value is -2.03. The molecule has 0 spiro atoms. The fraction of sp³-hybridized carbons (Fsp3) is 0.214. The Balaban J connectivity index is 2.39. The molecule has 0 unspecified atom stereocenters. The van der Waals surface area contributed by atoms with Gasteiger partial charge in [0.2, 0.25) is 0 Å². The van der Waals surface area contributed by atoms with E-state index in [0.717, 1.165) is 11.3 Å². The molecule has 0 fully saturated rings. The quantitative estimate of drug-likeness (QED) is 0.875. The molecule has 0 radical (unpaired) electrons. The number of carboxylic acid groups (broad SMARTS) is 1. The molecule has 88 valence electrons. The van der Waals surface area contributed by atoms with Crippen molar-refractivity contribution in [3.8, 4) is 0 Å². The summed E-state index contributed by atoms with van der Waals surface area (Å²) in [5, 5.41) is 9.03.